The number of amides is 1. The maximum absolute atomic E-state index is 11.9. The van der Waals surface area contributed by atoms with Crippen LogP contribution >= 0.6 is 0 Å². The van der Waals surface area contributed by atoms with E-state index in [2.05, 4.69) is 10.4 Å². The van der Waals surface area contributed by atoms with Crippen LogP contribution in [0.25, 0.3) is 0 Å². The second-order valence-electron chi connectivity index (χ2n) is 5.80. The lowest BCUT2D eigenvalue weighted by Crippen LogP contribution is -2.34. The molecular formula is C15H23N3O2. The Bertz CT molecular complexity index is 440. The molecule has 0 aromatic carbocycles. The van der Waals surface area contributed by atoms with Crippen molar-refractivity contribution < 1.29 is 9.53 Å². The van der Waals surface area contributed by atoms with Crippen molar-refractivity contribution >= 4 is 5.91 Å². The summed E-state index contributed by atoms with van der Waals surface area (Å²) in [5.41, 5.74) is 2.52. The van der Waals surface area contributed by atoms with E-state index < -0.39 is 0 Å². The third kappa shape index (κ3) is 3.39. The summed E-state index contributed by atoms with van der Waals surface area (Å²) in [6.07, 6.45) is 10.3. The van der Waals surface area contributed by atoms with Crippen LogP contribution in [-0.2, 0) is 28.9 Å². The molecule has 3 rings (SSSR count). The van der Waals surface area contributed by atoms with Gasteiger partial charge >= 0.3 is 0 Å². The smallest absolute Gasteiger partial charge is 0.241 e. The molecular weight excluding hydrogens is 254 g/mol. The van der Waals surface area contributed by atoms with Crippen LogP contribution in [0.15, 0.2) is 6.20 Å². The summed E-state index contributed by atoms with van der Waals surface area (Å²) in [6, 6.07) is 0. The summed E-state index contributed by atoms with van der Waals surface area (Å²) in [6.45, 7) is 1.77. The first-order valence-corrected chi connectivity index (χ1v) is 7.75. The predicted octanol–water partition coefficient (Wildman–Crippen LogP) is 1.45. The van der Waals surface area contributed by atoms with E-state index in [1.807, 2.05) is 6.20 Å². The predicted molar refractivity (Wildman–Crippen MR) is 75.5 cm³/mol. The molecule has 0 bridgehead atoms. The van der Waals surface area contributed by atoms with Crippen molar-refractivity contribution in [1.82, 2.24) is 15.1 Å². The Morgan fingerprint density at radius 2 is 2.25 bits per heavy atom. The Morgan fingerprint density at radius 1 is 1.35 bits per heavy atom. The van der Waals surface area contributed by atoms with E-state index in [9.17, 15) is 4.79 Å². The highest BCUT2D eigenvalue weighted by atomic mass is 16.5. The minimum Gasteiger partial charge on any atom is -0.376 e. The van der Waals surface area contributed by atoms with E-state index in [-0.39, 0.29) is 12.0 Å². The third-order valence-electron chi connectivity index (χ3n) is 4.14. The molecule has 1 N–H and O–H groups in total. The normalized spacial score (nSPS) is 22.3. The molecule has 1 aromatic heterocycles. The van der Waals surface area contributed by atoms with E-state index in [0.717, 1.165) is 32.3 Å². The molecule has 1 aromatic rings. The van der Waals surface area contributed by atoms with Gasteiger partial charge in [-0.3, -0.25) is 9.48 Å². The molecule has 2 heterocycles. The van der Waals surface area contributed by atoms with Crippen molar-refractivity contribution in [2.24, 2.45) is 0 Å². The van der Waals surface area contributed by atoms with Gasteiger partial charge < -0.3 is 10.1 Å². The fraction of sp³-hybridized carbons (Fsp3) is 0.733. The fourth-order valence-corrected chi connectivity index (χ4v) is 3.02. The molecule has 20 heavy (non-hydrogen) atoms. The maximum Gasteiger partial charge on any atom is 0.241 e. The van der Waals surface area contributed by atoms with Crippen LogP contribution in [-0.4, -0.2) is 34.9 Å². The van der Waals surface area contributed by atoms with Crippen molar-refractivity contribution in [3.63, 3.8) is 0 Å². The molecule has 5 heteroatoms. The number of ether oxygens (including phenoxy) is 1. The van der Waals surface area contributed by atoms with Crippen molar-refractivity contribution in [2.75, 3.05) is 13.2 Å². The van der Waals surface area contributed by atoms with Crippen LogP contribution in [0.5, 0.6) is 0 Å². The largest absolute Gasteiger partial charge is 0.376 e. The average Bonchev–Trinajstić information content (AvgIpc) is 3.03. The minimum absolute atomic E-state index is 0.0261. The van der Waals surface area contributed by atoms with Crippen LogP contribution in [0.3, 0.4) is 0 Å². The highest BCUT2D eigenvalue weighted by molar-refractivity contribution is 5.75. The second-order valence-corrected chi connectivity index (χ2v) is 5.80. The molecule has 1 saturated heterocycles. The Balaban J connectivity index is 1.50. The molecule has 0 saturated carbocycles. The van der Waals surface area contributed by atoms with Crippen LogP contribution in [0.4, 0.5) is 0 Å². The van der Waals surface area contributed by atoms with E-state index >= 15 is 0 Å². The number of carbonyl (C=O) groups excluding carboxylic acids is 1. The average molecular weight is 277 g/mol. The first-order valence-electron chi connectivity index (χ1n) is 7.75. The summed E-state index contributed by atoms with van der Waals surface area (Å²) in [5.74, 6) is 0.0261. The van der Waals surface area contributed by atoms with Gasteiger partial charge in [0.15, 0.2) is 0 Å². The zero-order valence-electron chi connectivity index (χ0n) is 11.9. The van der Waals surface area contributed by atoms with Gasteiger partial charge in [-0.15, -0.1) is 0 Å². The van der Waals surface area contributed by atoms with Crippen LogP contribution in [0.1, 0.15) is 43.4 Å². The molecule has 1 fully saturated rings. The summed E-state index contributed by atoms with van der Waals surface area (Å²) < 4.78 is 7.29. The summed E-state index contributed by atoms with van der Waals surface area (Å²) in [7, 11) is 0. The summed E-state index contributed by atoms with van der Waals surface area (Å²) in [5, 5.41) is 7.50. The number of rotatable bonds is 4. The summed E-state index contributed by atoms with van der Waals surface area (Å²) in [4.78, 5) is 11.9. The summed E-state index contributed by atoms with van der Waals surface area (Å²) >= 11 is 0. The van der Waals surface area contributed by atoms with Crippen molar-refractivity contribution in [2.45, 2.75) is 57.6 Å². The monoisotopic (exact) mass is 277 g/mol. The van der Waals surface area contributed by atoms with Crippen molar-refractivity contribution in [3.05, 3.63) is 17.5 Å². The lowest BCUT2D eigenvalue weighted by molar-refractivity contribution is -0.122. The van der Waals surface area contributed by atoms with E-state index in [1.165, 1.54) is 30.5 Å². The zero-order chi connectivity index (χ0) is 13.8. The molecule has 1 aliphatic carbocycles. The van der Waals surface area contributed by atoms with Gasteiger partial charge in [-0.25, -0.2) is 0 Å². The first-order chi connectivity index (χ1) is 9.81. The Morgan fingerprint density at radius 3 is 3.10 bits per heavy atom. The molecule has 1 unspecified atom stereocenters. The number of aromatic nitrogens is 2. The molecule has 0 spiro atoms. The fourth-order valence-electron chi connectivity index (χ4n) is 3.02. The van der Waals surface area contributed by atoms with Crippen LogP contribution < -0.4 is 5.32 Å². The number of hydrogen-bond acceptors (Lipinski definition) is 3. The molecule has 0 radical (unpaired) electrons. The van der Waals surface area contributed by atoms with E-state index in [1.54, 1.807) is 4.68 Å². The SMILES string of the molecule is O=C(Cn1cc2c(n1)CCCCC2)NCC1CCCO1. The number of nitrogens with one attached hydrogen (secondary N) is 1. The minimum atomic E-state index is 0.0261. The van der Waals surface area contributed by atoms with Crippen LogP contribution in [0.2, 0.25) is 0 Å². The quantitative estimate of drug-likeness (QED) is 0.847. The van der Waals surface area contributed by atoms with E-state index in [4.69, 9.17) is 4.74 Å². The molecule has 1 aliphatic heterocycles. The van der Waals surface area contributed by atoms with Gasteiger partial charge in [-0.05, 0) is 44.1 Å². The Labute approximate surface area is 119 Å². The van der Waals surface area contributed by atoms with Gasteiger partial charge in [-0.1, -0.05) is 6.42 Å². The highest BCUT2D eigenvalue weighted by Gasteiger charge is 2.17. The molecule has 1 amide bonds. The third-order valence-corrected chi connectivity index (χ3v) is 4.14. The molecule has 1 atom stereocenters. The molecule has 2 aliphatic rings. The highest BCUT2D eigenvalue weighted by Crippen LogP contribution is 2.18. The molecule has 110 valence electrons. The van der Waals surface area contributed by atoms with E-state index in [0.29, 0.717) is 13.1 Å². The number of hydrogen-bond donors (Lipinski definition) is 1. The standard InChI is InChI=1S/C15H23N3O2/c19-15(16-9-13-6-4-8-20-13)11-18-10-12-5-2-1-3-7-14(12)17-18/h10,13H,1-9,11H2,(H,16,19). The Hall–Kier alpha value is -1.36. The number of fused-ring (bicyclic) bond motifs is 1. The Kier molecular flexibility index (Phi) is 4.35. The van der Waals surface area contributed by atoms with Gasteiger partial charge in [0.1, 0.15) is 6.54 Å². The topological polar surface area (TPSA) is 56.2 Å². The number of nitrogens with zero attached hydrogens (tertiary/aromatic N) is 2. The number of aryl methyl sites for hydroxylation is 2. The van der Waals surface area contributed by atoms with Crippen molar-refractivity contribution in [3.8, 4) is 0 Å². The first kappa shape index (κ1) is 13.6. The van der Waals surface area contributed by atoms with Gasteiger partial charge in [0.25, 0.3) is 0 Å². The lowest BCUT2D eigenvalue weighted by atomic mass is 10.1. The van der Waals surface area contributed by atoms with Gasteiger partial charge in [0.2, 0.25) is 5.91 Å². The zero-order valence-corrected chi connectivity index (χ0v) is 11.9. The van der Waals surface area contributed by atoms with Gasteiger partial charge in [0, 0.05) is 19.3 Å². The van der Waals surface area contributed by atoms with Gasteiger partial charge in [-0.2, -0.15) is 5.10 Å². The van der Waals surface area contributed by atoms with Crippen LogP contribution in [0, 0.1) is 0 Å². The number of carbonyl (C=O) groups is 1. The maximum atomic E-state index is 11.9. The molecule has 5 nitrogen and oxygen atoms in total. The second kappa shape index (κ2) is 6.39. The lowest BCUT2D eigenvalue weighted by Gasteiger charge is -2.10. The van der Waals surface area contributed by atoms with Gasteiger partial charge in [0.05, 0.1) is 11.8 Å². The van der Waals surface area contributed by atoms with Crippen molar-refractivity contribution in [1.29, 1.82) is 0 Å².